The first-order valence-electron chi connectivity index (χ1n) is 5.86. The first kappa shape index (κ1) is 12.0. The zero-order chi connectivity index (χ0) is 12.3. The van der Waals surface area contributed by atoms with Gasteiger partial charge in [-0.05, 0) is 25.5 Å². The monoisotopic (exact) mass is 237 g/mol. The van der Waals surface area contributed by atoms with Crippen LogP contribution in [-0.2, 0) is 4.74 Å². The second-order valence-corrected chi connectivity index (χ2v) is 4.30. The summed E-state index contributed by atoms with van der Waals surface area (Å²) in [5.74, 6) is 1.79. The fraction of sp³-hybridized carbons (Fsp3) is 0.583. The van der Waals surface area contributed by atoms with Crippen LogP contribution in [0, 0.1) is 5.92 Å². The van der Waals surface area contributed by atoms with E-state index in [2.05, 4.69) is 17.2 Å². The van der Waals surface area contributed by atoms with E-state index in [1.165, 1.54) is 0 Å². The Balaban J connectivity index is 1.94. The third kappa shape index (κ3) is 2.79. The van der Waals surface area contributed by atoms with E-state index >= 15 is 0 Å². The summed E-state index contributed by atoms with van der Waals surface area (Å²) in [5.41, 5.74) is 6.26. The number of hydrogen-bond donors (Lipinski definition) is 2. The summed E-state index contributed by atoms with van der Waals surface area (Å²) in [4.78, 5) is 4.28. The highest BCUT2D eigenvalue weighted by Crippen LogP contribution is 2.23. The van der Waals surface area contributed by atoms with Crippen molar-refractivity contribution in [1.82, 2.24) is 4.98 Å². The zero-order valence-electron chi connectivity index (χ0n) is 10.3. The number of nitrogens with zero attached hydrogens (tertiary/aromatic N) is 1. The van der Waals surface area contributed by atoms with Crippen LogP contribution in [0.2, 0.25) is 0 Å². The Morgan fingerprint density at radius 2 is 2.41 bits per heavy atom. The number of nitrogen functional groups attached to an aromatic ring is 1. The minimum Gasteiger partial charge on any atom is -0.479 e. The second kappa shape index (κ2) is 5.23. The van der Waals surface area contributed by atoms with Gasteiger partial charge < -0.3 is 20.5 Å². The topological polar surface area (TPSA) is 69.4 Å². The number of ether oxygens (including phenoxy) is 2. The first-order valence-corrected chi connectivity index (χ1v) is 5.86. The van der Waals surface area contributed by atoms with Crippen LogP contribution < -0.4 is 15.8 Å². The van der Waals surface area contributed by atoms with Crippen molar-refractivity contribution in [1.29, 1.82) is 0 Å². The van der Waals surface area contributed by atoms with Gasteiger partial charge in [-0.25, -0.2) is 0 Å². The molecule has 2 unspecified atom stereocenters. The van der Waals surface area contributed by atoms with Crippen LogP contribution in [0.4, 0.5) is 11.5 Å². The Bertz CT molecular complexity index is 384. The molecule has 1 aromatic rings. The molecule has 94 valence electrons. The van der Waals surface area contributed by atoms with E-state index in [0.29, 0.717) is 23.6 Å². The highest BCUT2D eigenvalue weighted by molar-refractivity contribution is 5.53. The molecule has 5 nitrogen and oxygen atoms in total. The van der Waals surface area contributed by atoms with Crippen LogP contribution in [0.3, 0.4) is 0 Å². The lowest BCUT2D eigenvalue weighted by atomic mass is 10.0. The third-order valence-corrected chi connectivity index (χ3v) is 3.16. The van der Waals surface area contributed by atoms with E-state index in [4.69, 9.17) is 15.2 Å². The van der Waals surface area contributed by atoms with E-state index in [0.717, 1.165) is 25.4 Å². The molecule has 1 fully saturated rings. The Hall–Kier alpha value is -1.49. The van der Waals surface area contributed by atoms with Crippen LogP contribution in [0.15, 0.2) is 12.1 Å². The van der Waals surface area contributed by atoms with Crippen molar-refractivity contribution in [2.75, 3.05) is 31.3 Å². The van der Waals surface area contributed by atoms with Gasteiger partial charge in [-0.15, -0.1) is 0 Å². The van der Waals surface area contributed by atoms with Crippen molar-refractivity contribution < 1.29 is 9.47 Å². The normalized spacial score (nSPS) is 23.6. The molecule has 0 spiro atoms. The molecule has 3 N–H and O–H groups in total. The molecule has 1 aliphatic rings. The lowest BCUT2D eigenvalue weighted by Gasteiger charge is -2.15. The van der Waals surface area contributed by atoms with Gasteiger partial charge in [0.25, 0.3) is 0 Å². The SMILES string of the molecule is COc1nc(NCC2CCOC2C)ccc1N. The summed E-state index contributed by atoms with van der Waals surface area (Å²) in [6.45, 7) is 3.82. The van der Waals surface area contributed by atoms with E-state index < -0.39 is 0 Å². The summed E-state index contributed by atoms with van der Waals surface area (Å²) < 4.78 is 10.6. The lowest BCUT2D eigenvalue weighted by molar-refractivity contribution is 0.108. The van der Waals surface area contributed by atoms with Gasteiger partial charge >= 0.3 is 0 Å². The maximum Gasteiger partial charge on any atom is 0.238 e. The molecule has 17 heavy (non-hydrogen) atoms. The molecule has 5 heteroatoms. The molecule has 0 aliphatic carbocycles. The smallest absolute Gasteiger partial charge is 0.238 e. The molecule has 1 aliphatic heterocycles. The Morgan fingerprint density at radius 3 is 3.06 bits per heavy atom. The van der Waals surface area contributed by atoms with Crippen molar-refractivity contribution in [3.63, 3.8) is 0 Å². The van der Waals surface area contributed by atoms with Crippen molar-refractivity contribution in [3.05, 3.63) is 12.1 Å². The highest BCUT2D eigenvalue weighted by atomic mass is 16.5. The lowest BCUT2D eigenvalue weighted by Crippen LogP contribution is -2.21. The third-order valence-electron chi connectivity index (χ3n) is 3.16. The number of aromatic nitrogens is 1. The molecule has 0 radical (unpaired) electrons. The predicted octanol–water partition coefficient (Wildman–Crippen LogP) is 1.51. The standard InChI is InChI=1S/C12H19N3O2/c1-8-9(5-6-17-8)7-14-11-4-3-10(13)12(15-11)16-2/h3-4,8-9H,5-7,13H2,1-2H3,(H,14,15). The van der Waals surface area contributed by atoms with Gasteiger partial charge in [0.15, 0.2) is 0 Å². The highest BCUT2D eigenvalue weighted by Gasteiger charge is 2.23. The number of nitrogens with one attached hydrogen (secondary N) is 1. The Morgan fingerprint density at radius 1 is 1.59 bits per heavy atom. The van der Waals surface area contributed by atoms with Crippen molar-refractivity contribution in [2.24, 2.45) is 5.92 Å². The average Bonchev–Trinajstić information content (AvgIpc) is 2.74. The van der Waals surface area contributed by atoms with Crippen LogP contribution in [0.1, 0.15) is 13.3 Å². The molecular formula is C12H19N3O2. The maximum atomic E-state index is 5.71. The number of hydrogen-bond acceptors (Lipinski definition) is 5. The summed E-state index contributed by atoms with van der Waals surface area (Å²) in [6.07, 6.45) is 1.42. The molecule has 2 rings (SSSR count). The van der Waals surface area contributed by atoms with Crippen LogP contribution in [0.5, 0.6) is 5.88 Å². The largest absolute Gasteiger partial charge is 0.479 e. The molecule has 2 heterocycles. The van der Waals surface area contributed by atoms with Gasteiger partial charge in [0.2, 0.25) is 5.88 Å². The molecule has 0 saturated carbocycles. The number of rotatable bonds is 4. The zero-order valence-corrected chi connectivity index (χ0v) is 10.3. The van der Waals surface area contributed by atoms with Crippen molar-refractivity contribution >= 4 is 11.5 Å². The van der Waals surface area contributed by atoms with E-state index in [1.54, 1.807) is 13.2 Å². The summed E-state index contributed by atoms with van der Waals surface area (Å²) in [7, 11) is 1.56. The second-order valence-electron chi connectivity index (χ2n) is 4.30. The van der Waals surface area contributed by atoms with Crippen LogP contribution in [-0.4, -0.2) is 31.3 Å². The molecule has 1 saturated heterocycles. The molecule has 0 aromatic carbocycles. The quantitative estimate of drug-likeness (QED) is 0.830. The van der Waals surface area contributed by atoms with Gasteiger partial charge in [0.1, 0.15) is 5.82 Å². The van der Waals surface area contributed by atoms with Gasteiger partial charge in [0.05, 0.1) is 18.9 Å². The number of anilines is 2. The summed E-state index contributed by atoms with van der Waals surface area (Å²) in [6, 6.07) is 3.65. The van der Waals surface area contributed by atoms with Gasteiger partial charge in [0, 0.05) is 19.1 Å². The molecule has 0 amide bonds. The summed E-state index contributed by atoms with van der Waals surface area (Å²) in [5, 5.41) is 3.29. The molecule has 0 bridgehead atoms. The molecule has 1 aromatic heterocycles. The maximum absolute atomic E-state index is 5.71. The van der Waals surface area contributed by atoms with Crippen LogP contribution >= 0.6 is 0 Å². The average molecular weight is 237 g/mol. The fourth-order valence-corrected chi connectivity index (χ4v) is 1.99. The number of nitrogens with two attached hydrogens (primary N) is 1. The molecule has 2 atom stereocenters. The fourth-order valence-electron chi connectivity index (χ4n) is 1.99. The van der Waals surface area contributed by atoms with Gasteiger partial charge in [-0.3, -0.25) is 0 Å². The minimum atomic E-state index is 0.318. The van der Waals surface area contributed by atoms with Crippen molar-refractivity contribution in [2.45, 2.75) is 19.4 Å². The first-order chi connectivity index (χ1) is 8.20. The van der Waals surface area contributed by atoms with E-state index in [9.17, 15) is 0 Å². The van der Waals surface area contributed by atoms with E-state index in [1.807, 2.05) is 6.07 Å². The minimum absolute atomic E-state index is 0.318. The predicted molar refractivity (Wildman–Crippen MR) is 67.2 cm³/mol. The van der Waals surface area contributed by atoms with Gasteiger partial charge in [-0.1, -0.05) is 0 Å². The summed E-state index contributed by atoms with van der Waals surface area (Å²) >= 11 is 0. The van der Waals surface area contributed by atoms with Crippen molar-refractivity contribution in [3.8, 4) is 5.88 Å². The Labute approximate surface area is 101 Å². The van der Waals surface area contributed by atoms with Crippen LogP contribution in [0.25, 0.3) is 0 Å². The van der Waals surface area contributed by atoms with E-state index in [-0.39, 0.29) is 0 Å². The molecular weight excluding hydrogens is 218 g/mol. The number of methoxy groups -OCH3 is 1. The van der Waals surface area contributed by atoms with Gasteiger partial charge in [-0.2, -0.15) is 4.98 Å². The Kier molecular flexibility index (Phi) is 3.68. The number of pyridine rings is 1.